The quantitative estimate of drug-likeness (QED) is 0.180. The lowest BCUT2D eigenvalue weighted by Crippen LogP contribution is -2.51. The lowest BCUT2D eigenvalue weighted by molar-refractivity contribution is 0.0284. The SMILES string of the molecule is CCCC(CC)C1CC(CC2CC(C(CC)CCC)C(N)C(C(CC)CCC)C2)CC(C(CC)CCC)C1N. The topological polar surface area (TPSA) is 52.0 Å². The Morgan fingerprint density at radius 1 is 0.436 bits per heavy atom. The van der Waals surface area contributed by atoms with Gasteiger partial charge in [-0.25, -0.2) is 0 Å². The van der Waals surface area contributed by atoms with E-state index in [4.69, 9.17) is 11.5 Å². The van der Waals surface area contributed by atoms with E-state index < -0.39 is 0 Å². The highest BCUT2D eigenvalue weighted by Crippen LogP contribution is 2.50. The van der Waals surface area contributed by atoms with Gasteiger partial charge in [0.25, 0.3) is 0 Å². The van der Waals surface area contributed by atoms with Crippen LogP contribution in [0.15, 0.2) is 0 Å². The van der Waals surface area contributed by atoms with Crippen molar-refractivity contribution in [1.82, 2.24) is 0 Å². The molecule has 0 radical (unpaired) electrons. The minimum Gasteiger partial charge on any atom is -0.327 e. The van der Waals surface area contributed by atoms with E-state index in [1.807, 2.05) is 0 Å². The van der Waals surface area contributed by atoms with Gasteiger partial charge >= 0.3 is 0 Å². The highest BCUT2D eigenvalue weighted by Gasteiger charge is 2.45. The molecular formula is C37H74N2. The van der Waals surface area contributed by atoms with Crippen LogP contribution in [-0.2, 0) is 0 Å². The molecule has 8 unspecified atom stereocenters. The first-order valence-corrected chi connectivity index (χ1v) is 18.3. The Kier molecular flexibility index (Phi) is 16.6. The van der Waals surface area contributed by atoms with Crippen molar-refractivity contribution in [3.8, 4) is 0 Å². The van der Waals surface area contributed by atoms with Crippen LogP contribution in [0.5, 0.6) is 0 Å². The fourth-order valence-corrected chi connectivity index (χ4v) is 10.2. The second kappa shape index (κ2) is 18.5. The van der Waals surface area contributed by atoms with Gasteiger partial charge in [-0.1, -0.05) is 132 Å². The Labute approximate surface area is 247 Å². The van der Waals surface area contributed by atoms with Gasteiger partial charge in [-0.3, -0.25) is 0 Å². The summed E-state index contributed by atoms with van der Waals surface area (Å²) in [6.07, 6.45) is 23.0. The smallest absolute Gasteiger partial charge is 0.0101 e. The third kappa shape index (κ3) is 9.46. The fraction of sp³-hybridized carbons (Fsp3) is 1.00. The Balaban J connectivity index is 2.34. The van der Waals surface area contributed by atoms with Gasteiger partial charge in [-0.05, 0) is 91.3 Å². The van der Waals surface area contributed by atoms with Gasteiger partial charge in [-0.2, -0.15) is 0 Å². The largest absolute Gasteiger partial charge is 0.327 e. The molecule has 2 nitrogen and oxygen atoms in total. The average molecular weight is 547 g/mol. The summed E-state index contributed by atoms with van der Waals surface area (Å²) < 4.78 is 0. The summed E-state index contributed by atoms with van der Waals surface area (Å²) in [6, 6.07) is 0.829. The molecule has 39 heavy (non-hydrogen) atoms. The first-order valence-electron chi connectivity index (χ1n) is 18.3. The van der Waals surface area contributed by atoms with Crippen LogP contribution in [0.4, 0.5) is 0 Å². The summed E-state index contributed by atoms with van der Waals surface area (Å²) in [4.78, 5) is 0. The maximum Gasteiger partial charge on any atom is 0.0101 e. The van der Waals surface area contributed by atoms with Crippen LogP contribution < -0.4 is 11.5 Å². The summed E-state index contributed by atoms with van der Waals surface area (Å²) >= 11 is 0. The van der Waals surface area contributed by atoms with E-state index in [9.17, 15) is 0 Å². The van der Waals surface area contributed by atoms with E-state index in [1.165, 1.54) is 109 Å². The van der Waals surface area contributed by atoms with Crippen LogP contribution in [0.1, 0.15) is 165 Å². The van der Waals surface area contributed by atoms with Crippen molar-refractivity contribution in [2.75, 3.05) is 0 Å². The molecule has 2 fully saturated rings. The maximum atomic E-state index is 7.26. The lowest BCUT2D eigenvalue weighted by atomic mass is 9.58. The van der Waals surface area contributed by atoms with Crippen LogP contribution in [0, 0.1) is 59.2 Å². The maximum absolute atomic E-state index is 7.26. The Hall–Kier alpha value is -0.0800. The molecule has 0 heterocycles. The molecule has 2 rings (SSSR count). The molecule has 0 aromatic rings. The van der Waals surface area contributed by atoms with Gasteiger partial charge < -0.3 is 11.5 Å². The van der Waals surface area contributed by atoms with Crippen LogP contribution >= 0.6 is 0 Å². The normalized spacial score (nSPS) is 34.9. The highest BCUT2D eigenvalue weighted by atomic mass is 14.7. The van der Waals surface area contributed by atoms with Gasteiger partial charge in [0.2, 0.25) is 0 Å². The average Bonchev–Trinajstić information content (AvgIpc) is 2.94. The molecule has 8 atom stereocenters. The molecule has 232 valence electrons. The van der Waals surface area contributed by atoms with Crippen molar-refractivity contribution in [3.05, 3.63) is 0 Å². The molecule has 0 saturated heterocycles. The van der Waals surface area contributed by atoms with E-state index in [1.54, 1.807) is 0 Å². The second-order valence-corrected chi connectivity index (χ2v) is 14.5. The summed E-state index contributed by atoms with van der Waals surface area (Å²) in [5, 5.41) is 0. The summed E-state index contributed by atoms with van der Waals surface area (Å²) in [5.41, 5.74) is 14.5. The number of hydrogen-bond donors (Lipinski definition) is 2. The molecule has 2 saturated carbocycles. The van der Waals surface area contributed by atoms with Crippen molar-refractivity contribution in [1.29, 1.82) is 0 Å². The standard InChI is InChI=1S/C37H74N2/c1-9-17-28(13-5)32-22-26(23-33(36(32)38)29(14-6)18-10-2)21-27-24-34(30(15-7)19-11-3)37(39)35(25-27)31(16-8)20-12-4/h26-37H,9-25,38-39H2,1-8H3. The first kappa shape index (κ1) is 35.1. The zero-order chi connectivity index (χ0) is 28.9. The molecular weight excluding hydrogens is 472 g/mol. The molecule has 4 N–H and O–H groups in total. The van der Waals surface area contributed by atoms with Crippen LogP contribution in [0.25, 0.3) is 0 Å². The van der Waals surface area contributed by atoms with E-state index in [2.05, 4.69) is 55.4 Å². The van der Waals surface area contributed by atoms with Gasteiger partial charge in [0, 0.05) is 12.1 Å². The van der Waals surface area contributed by atoms with Crippen LogP contribution in [-0.4, -0.2) is 12.1 Å². The summed E-state index contributed by atoms with van der Waals surface area (Å²) in [5.74, 6) is 7.93. The molecule has 0 spiro atoms. The second-order valence-electron chi connectivity index (χ2n) is 14.5. The van der Waals surface area contributed by atoms with Crippen molar-refractivity contribution in [2.45, 2.75) is 177 Å². The summed E-state index contributed by atoms with van der Waals surface area (Å²) in [7, 11) is 0. The van der Waals surface area contributed by atoms with Gasteiger partial charge in [-0.15, -0.1) is 0 Å². The van der Waals surface area contributed by atoms with E-state index >= 15 is 0 Å². The Morgan fingerprint density at radius 2 is 0.667 bits per heavy atom. The molecule has 0 aromatic carbocycles. The molecule has 0 aliphatic heterocycles. The molecule has 0 aromatic heterocycles. The molecule has 2 heteroatoms. The van der Waals surface area contributed by atoms with Gasteiger partial charge in [0.15, 0.2) is 0 Å². The molecule has 2 aliphatic carbocycles. The predicted molar refractivity (Wildman–Crippen MR) is 175 cm³/mol. The van der Waals surface area contributed by atoms with Crippen molar-refractivity contribution in [3.63, 3.8) is 0 Å². The Morgan fingerprint density at radius 3 is 0.846 bits per heavy atom. The lowest BCUT2D eigenvalue weighted by Gasteiger charge is -2.50. The fourth-order valence-electron chi connectivity index (χ4n) is 10.2. The van der Waals surface area contributed by atoms with Crippen molar-refractivity contribution in [2.24, 2.45) is 70.6 Å². The van der Waals surface area contributed by atoms with Gasteiger partial charge in [0.1, 0.15) is 0 Å². The van der Waals surface area contributed by atoms with E-state index in [-0.39, 0.29) is 0 Å². The summed E-state index contributed by atoms with van der Waals surface area (Å²) in [6.45, 7) is 19.3. The number of hydrogen-bond acceptors (Lipinski definition) is 2. The third-order valence-electron chi connectivity index (χ3n) is 12.2. The first-order chi connectivity index (χ1) is 18.8. The van der Waals surface area contributed by atoms with Crippen molar-refractivity contribution >= 4 is 0 Å². The number of rotatable bonds is 18. The van der Waals surface area contributed by atoms with Gasteiger partial charge in [0.05, 0.1) is 0 Å². The van der Waals surface area contributed by atoms with E-state index in [0.29, 0.717) is 12.1 Å². The minimum atomic E-state index is 0.414. The highest BCUT2D eigenvalue weighted by molar-refractivity contribution is 4.98. The van der Waals surface area contributed by atoms with Crippen molar-refractivity contribution < 1.29 is 0 Å². The Bertz CT molecular complexity index is 519. The van der Waals surface area contributed by atoms with Crippen LogP contribution in [0.3, 0.4) is 0 Å². The monoisotopic (exact) mass is 547 g/mol. The molecule has 2 aliphatic rings. The predicted octanol–water partition coefficient (Wildman–Crippen LogP) is 10.6. The zero-order valence-corrected chi connectivity index (χ0v) is 28.1. The zero-order valence-electron chi connectivity index (χ0n) is 28.1. The molecule has 0 amide bonds. The minimum absolute atomic E-state index is 0.414. The number of nitrogens with two attached hydrogens (primary N) is 2. The van der Waals surface area contributed by atoms with Crippen LogP contribution in [0.2, 0.25) is 0 Å². The molecule has 0 bridgehead atoms. The van der Waals surface area contributed by atoms with E-state index in [0.717, 1.165) is 59.2 Å². The third-order valence-corrected chi connectivity index (χ3v) is 12.2.